The lowest BCUT2D eigenvalue weighted by Gasteiger charge is -2.21. The summed E-state index contributed by atoms with van der Waals surface area (Å²) in [5.41, 5.74) is 9.96. The summed E-state index contributed by atoms with van der Waals surface area (Å²) in [6, 6.07) is 8.45. The van der Waals surface area contributed by atoms with Crippen LogP contribution >= 0.6 is 15.9 Å². The van der Waals surface area contributed by atoms with Gasteiger partial charge in [0, 0.05) is 5.56 Å². The van der Waals surface area contributed by atoms with E-state index in [1.807, 2.05) is 0 Å². The van der Waals surface area contributed by atoms with Crippen molar-refractivity contribution in [1.82, 2.24) is 9.97 Å². The van der Waals surface area contributed by atoms with Crippen molar-refractivity contribution in [2.24, 2.45) is 10.9 Å². The summed E-state index contributed by atoms with van der Waals surface area (Å²) in [5.74, 6) is 2.29. The van der Waals surface area contributed by atoms with E-state index in [1.165, 1.54) is 12.0 Å². The lowest BCUT2D eigenvalue weighted by atomic mass is 9.98. The molecule has 2 N–H and O–H groups in total. The van der Waals surface area contributed by atoms with Crippen LogP contribution in [0.1, 0.15) is 50.4 Å². The monoisotopic (exact) mass is 428 g/mol. The van der Waals surface area contributed by atoms with E-state index in [0.29, 0.717) is 40.2 Å². The van der Waals surface area contributed by atoms with Crippen LogP contribution in [0.2, 0.25) is 0 Å². The van der Waals surface area contributed by atoms with E-state index in [0.717, 1.165) is 24.0 Å². The molecule has 6 heteroatoms. The molecule has 0 saturated heterocycles. The van der Waals surface area contributed by atoms with Crippen LogP contribution in [0.25, 0.3) is 5.76 Å². The van der Waals surface area contributed by atoms with Crippen molar-refractivity contribution in [1.29, 1.82) is 0 Å². The first kappa shape index (κ1) is 19.5. The first-order valence-corrected chi connectivity index (χ1v) is 10.1. The molecule has 0 saturated carbocycles. The van der Waals surface area contributed by atoms with E-state index in [9.17, 15) is 0 Å². The second-order valence-corrected chi connectivity index (χ2v) is 7.66. The van der Waals surface area contributed by atoms with Crippen LogP contribution in [0, 0.1) is 5.92 Å². The van der Waals surface area contributed by atoms with Crippen molar-refractivity contribution < 1.29 is 4.74 Å². The van der Waals surface area contributed by atoms with Gasteiger partial charge in [0.05, 0.1) is 12.7 Å². The highest BCUT2D eigenvalue weighted by Crippen LogP contribution is 2.30. The number of hydrogen-bond acceptors (Lipinski definition) is 5. The van der Waals surface area contributed by atoms with Crippen LogP contribution in [0.5, 0.6) is 0 Å². The molecule has 1 unspecified atom stereocenters. The third-order valence-electron chi connectivity index (χ3n) is 4.83. The number of aliphatic imine (C=N–C) groups is 1. The first-order chi connectivity index (χ1) is 13.0. The first-order valence-electron chi connectivity index (χ1n) is 9.33. The minimum Gasteiger partial charge on any atom is -0.436 e. The Kier molecular flexibility index (Phi) is 6.26. The minimum absolute atomic E-state index is 0.351. The molecule has 27 heavy (non-hydrogen) atoms. The van der Waals surface area contributed by atoms with Gasteiger partial charge in [-0.1, -0.05) is 39.3 Å². The molecule has 142 valence electrons. The zero-order valence-electron chi connectivity index (χ0n) is 16.0. The number of nitrogens with zero attached hydrogens (tertiary/aromatic N) is 3. The zero-order valence-corrected chi connectivity index (χ0v) is 17.6. The Morgan fingerprint density at radius 1 is 1.22 bits per heavy atom. The maximum Gasteiger partial charge on any atom is 0.222 e. The average molecular weight is 429 g/mol. The highest BCUT2D eigenvalue weighted by atomic mass is 79.9. The van der Waals surface area contributed by atoms with Gasteiger partial charge in [0.2, 0.25) is 5.90 Å². The second-order valence-electron chi connectivity index (χ2n) is 6.85. The Morgan fingerprint density at radius 2 is 1.96 bits per heavy atom. The molecule has 0 fully saturated rings. The van der Waals surface area contributed by atoms with Crippen molar-refractivity contribution in [3.8, 4) is 0 Å². The molecule has 0 bridgehead atoms. The summed E-state index contributed by atoms with van der Waals surface area (Å²) < 4.78 is 6.79. The molecule has 0 aliphatic carbocycles. The largest absolute Gasteiger partial charge is 0.436 e. The van der Waals surface area contributed by atoms with E-state index in [4.69, 9.17) is 10.5 Å². The van der Waals surface area contributed by atoms with Gasteiger partial charge in [-0.2, -0.15) is 0 Å². The van der Waals surface area contributed by atoms with Crippen LogP contribution < -0.4 is 5.73 Å². The van der Waals surface area contributed by atoms with Crippen molar-refractivity contribution in [2.75, 3.05) is 12.3 Å². The number of anilines is 1. The Hall–Kier alpha value is -2.21. The zero-order chi connectivity index (χ0) is 19.4. The molecule has 2 heterocycles. The number of ether oxygens (including phenoxy) is 1. The van der Waals surface area contributed by atoms with E-state index in [1.54, 1.807) is 6.20 Å². The predicted octanol–water partition coefficient (Wildman–Crippen LogP) is 5.01. The van der Waals surface area contributed by atoms with Crippen LogP contribution in [-0.2, 0) is 11.2 Å². The van der Waals surface area contributed by atoms with Gasteiger partial charge < -0.3 is 10.5 Å². The maximum absolute atomic E-state index is 6.17. The van der Waals surface area contributed by atoms with Gasteiger partial charge in [-0.15, -0.1) is 0 Å². The van der Waals surface area contributed by atoms with E-state index in [-0.39, 0.29) is 0 Å². The summed E-state index contributed by atoms with van der Waals surface area (Å²) in [5, 5.41) is 0. The summed E-state index contributed by atoms with van der Waals surface area (Å²) in [4.78, 5) is 13.3. The fourth-order valence-electron chi connectivity index (χ4n) is 2.95. The van der Waals surface area contributed by atoms with Crippen molar-refractivity contribution in [3.63, 3.8) is 0 Å². The molecule has 0 radical (unpaired) electrons. The molecule has 3 rings (SSSR count). The van der Waals surface area contributed by atoms with Gasteiger partial charge in [0.15, 0.2) is 11.6 Å². The van der Waals surface area contributed by atoms with Crippen LogP contribution in [0.15, 0.2) is 45.6 Å². The maximum atomic E-state index is 6.17. The molecule has 1 aliphatic heterocycles. The van der Waals surface area contributed by atoms with E-state index < -0.39 is 0 Å². The number of halogens is 1. The summed E-state index contributed by atoms with van der Waals surface area (Å²) in [6.07, 6.45) is 4.66. The molecule has 2 aromatic rings. The van der Waals surface area contributed by atoms with Gasteiger partial charge in [0.25, 0.3) is 0 Å². The number of benzene rings is 1. The predicted molar refractivity (Wildman–Crippen MR) is 113 cm³/mol. The number of rotatable bonds is 6. The molecular formula is C21H25BrN4O. The summed E-state index contributed by atoms with van der Waals surface area (Å²) >= 11 is 3.36. The van der Waals surface area contributed by atoms with Crippen molar-refractivity contribution >= 4 is 33.4 Å². The molecule has 1 aliphatic rings. The Balaban J connectivity index is 1.85. The Bertz CT molecular complexity index is 874. The normalized spacial score (nSPS) is 15.3. The second kappa shape index (κ2) is 8.65. The third kappa shape index (κ3) is 4.56. The molecule has 1 aromatic heterocycles. The molecule has 5 nitrogen and oxygen atoms in total. The van der Waals surface area contributed by atoms with Gasteiger partial charge in [-0.3, -0.25) is 0 Å². The van der Waals surface area contributed by atoms with Gasteiger partial charge in [-0.25, -0.2) is 15.0 Å². The SMILES string of the molecule is CCC1=C(c2nc(Br)cnc2N)OC(c2ccc(CC(C)CC)cc2)=NC1. The van der Waals surface area contributed by atoms with Crippen LogP contribution in [-0.4, -0.2) is 22.4 Å². The Morgan fingerprint density at radius 3 is 2.63 bits per heavy atom. The fourth-order valence-corrected chi connectivity index (χ4v) is 3.23. The lowest BCUT2D eigenvalue weighted by molar-refractivity contribution is 0.484. The lowest BCUT2D eigenvalue weighted by Crippen LogP contribution is -2.17. The molecule has 0 spiro atoms. The highest BCUT2D eigenvalue weighted by Gasteiger charge is 2.23. The summed E-state index contributed by atoms with van der Waals surface area (Å²) in [7, 11) is 0. The number of hydrogen-bond donors (Lipinski definition) is 1. The van der Waals surface area contributed by atoms with Crippen LogP contribution in [0.4, 0.5) is 5.82 Å². The minimum atomic E-state index is 0.351. The van der Waals surface area contributed by atoms with Gasteiger partial charge in [-0.05, 0) is 58.0 Å². The summed E-state index contributed by atoms with van der Waals surface area (Å²) in [6.45, 7) is 7.14. The third-order valence-corrected chi connectivity index (χ3v) is 5.21. The molecular weight excluding hydrogens is 404 g/mol. The van der Waals surface area contributed by atoms with Crippen molar-refractivity contribution in [2.45, 2.75) is 40.0 Å². The standard InChI is InChI=1S/C21H25BrN4O/c1-4-13(3)10-14-6-8-16(9-7-14)21-25-11-15(5-2)19(27-21)18-20(23)24-12-17(22)26-18/h6-9,12-13H,4-5,10-11H2,1-3H3,(H2,23,24). The number of aromatic nitrogens is 2. The Labute approximate surface area is 168 Å². The number of nitrogen functional groups attached to an aromatic ring is 1. The van der Waals surface area contributed by atoms with E-state index in [2.05, 4.69) is 75.9 Å². The fraction of sp³-hybridized carbons (Fsp3) is 0.381. The van der Waals surface area contributed by atoms with Gasteiger partial charge in [0.1, 0.15) is 10.3 Å². The highest BCUT2D eigenvalue weighted by molar-refractivity contribution is 9.10. The van der Waals surface area contributed by atoms with Crippen molar-refractivity contribution in [3.05, 3.63) is 57.5 Å². The molecule has 1 atom stereocenters. The van der Waals surface area contributed by atoms with Crippen LogP contribution in [0.3, 0.4) is 0 Å². The quantitative estimate of drug-likeness (QED) is 0.701. The molecule has 0 amide bonds. The smallest absolute Gasteiger partial charge is 0.222 e. The van der Waals surface area contributed by atoms with E-state index >= 15 is 0 Å². The number of nitrogens with two attached hydrogens (primary N) is 1. The average Bonchev–Trinajstić information content (AvgIpc) is 2.70. The molecule has 1 aromatic carbocycles. The van der Waals surface area contributed by atoms with Gasteiger partial charge >= 0.3 is 0 Å². The topological polar surface area (TPSA) is 73.4 Å².